The molecule has 3 heterocycles. The van der Waals surface area contributed by atoms with Crippen LogP contribution in [0.2, 0.25) is 0 Å². The highest BCUT2D eigenvalue weighted by molar-refractivity contribution is 5.80. The molecule has 0 radical (unpaired) electrons. The van der Waals surface area contributed by atoms with E-state index >= 15 is 0 Å². The molecule has 6 nitrogen and oxygen atoms in total. The van der Waals surface area contributed by atoms with Crippen LogP contribution in [0.4, 0.5) is 4.39 Å². The van der Waals surface area contributed by atoms with Gasteiger partial charge in [0.05, 0.1) is 12.0 Å². The number of nitrogens with zero attached hydrogens (tertiary/aromatic N) is 4. The Bertz CT molecular complexity index is 895. The summed E-state index contributed by atoms with van der Waals surface area (Å²) in [6.07, 6.45) is 3.58. The third kappa shape index (κ3) is 2.77. The van der Waals surface area contributed by atoms with Gasteiger partial charge in [0.25, 0.3) is 0 Å². The predicted octanol–water partition coefficient (Wildman–Crippen LogP) is 2.96. The van der Waals surface area contributed by atoms with Crippen molar-refractivity contribution in [1.29, 1.82) is 0 Å². The molecule has 1 saturated heterocycles. The van der Waals surface area contributed by atoms with E-state index in [2.05, 4.69) is 15.1 Å². The van der Waals surface area contributed by atoms with Crippen molar-refractivity contribution in [3.63, 3.8) is 0 Å². The van der Waals surface area contributed by atoms with Crippen molar-refractivity contribution < 1.29 is 13.7 Å². The summed E-state index contributed by atoms with van der Waals surface area (Å²) in [4.78, 5) is 22.3. The van der Waals surface area contributed by atoms with Crippen LogP contribution in [-0.2, 0) is 4.79 Å². The summed E-state index contributed by atoms with van der Waals surface area (Å²) in [5.41, 5.74) is 1.63. The molecule has 25 heavy (non-hydrogen) atoms. The number of likely N-dealkylation sites (N-methyl/N-ethyl adjacent to an activating group) is 1. The van der Waals surface area contributed by atoms with E-state index in [1.54, 1.807) is 48.6 Å². The zero-order chi connectivity index (χ0) is 17.4. The normalized spacial score (nSPS) is 20.2. The molecule has 2 atom stereocenters. The number of rotatable bonds is 3. The highest BCUT2D eigenvalue weighted by Gasteiger charge is 2.42. The second kappa shape index (κ2) is 6.08. The van der Waals surface area contributed by atoms with Crippen molar-refractivity contribution in [3.05, 3.63) is 66.1 Å². The van der Waals surface area contributed by atoms with Crippen LogP contribution in [0.15, 0.2) is 53.3 Å². The van der Waals surface area contributed by atoms with E-state index < -0.39 is 0 Å². The lowest BCUT2D eigenvalue weighted by atomic mass is 9.93. The average Bonchev–Trinajstić information content (AvgIpc) is 3.23. The van der Waals surface area contributed by atoms with Gasteiger partial charge in [-0.05, 0) is 29.8 Å². The van der Waals surface area contributed by atoms with Crippen molar-refractivity contribution in [2.75, 3.05) is 7.05 Å². The molecular formula is C18H15FN4O2. The quantitative estimate of drug-likeness (QED) is 0.734. The first-order valence-electron chi connectivity index (χ1n) is 7.88. The molecule has 0 N–H and O–H groups in total. The minimum absolute atomic E-state index is 0.0111. The molecule has 0 saturated carbocycles. The number of pyridine rings is 1. The summed E-state index contributed by atoms with van der Waals surface area (Å²) in [6.45, 7) is 0. The molecule has 7 heteroatoms. The first kappa shape index (κ1) is 15.4. The SMILES string of the molecule is CN1C(=O)C[C@@H](c2nc(-c3ccncc3)no2)[C@@H]1c1ccc(F)cc1. The molecular weight excluding hydrogens is 323 g/mol. The highest BCUT2D eigenvalue weighted by Crippen LogP contribution is 2.43. The van der Waals surface area contributed by atoms with Gasteiger partial charge in [-0.15, -0.1) is 0 Å². The lowest BCUT2D eigenvalue weighted by Gasteiger charge is -2.23. The summed E-state index contributed by atoms with van der Waals surface area (Å²) in [7, 11) is 1.73. The Morgan fingerprint density at radius 3 is 2.60 bits per heavy atom. The summed E-state index contributed by atoms with van der Waals surface area (Å²) >= 11 is 0. The number of likely N-dealkylation sites (tertiary alicyclic amines) is 1. The molecule has 0 unspecified atom stereocenters. The number of hydrogen-bond acceptors (Lipinski definition) is 5. The second-order valence-electron chi connectivity index (χ2n) is 6.00. The molecule has 1 aromatic carbocycles. The molecule has 3 aromatic rings. The Balaban J connectivity index is 1.69. The topological polar surface area (TPSA) is 72.1 Å². The summed E-state index contributed by atoms with van der Waals surface area (Å²) in [6, 6.07) is 9.46. The molecule has 0 aliphatic carbocycles. The van der Waals surface area contributed by atoms with Gasteiger partial charge < -0.3 is 9.42 Å². The molecule has 4 rings (SSSR count). The zero-order valence-electron chi connectivity index (χ0n) is 13.5. The molecule has 0 bridgehead atoms. The Morgan fingerprint density at radius 2 is 1.88 bits per heavy atom. The van der Waals surface area contributed by atoms with E-state index in [1.165, 1.54) is 12.1 Å². The van der Waals surface area contributed by atoms with Gasteiger partial charge in [-0.3, -0.25) is 9.78 Å². The number of benzene rings is 1. The summed E-state index contributed by atoms with van der Waals surface area (Å²) in [5, 5.41) is 4.02. The van der Waals surface area contributed by atoms with Crippen molar-refractivity contribution in [2.45, 2.75) is 18.4 Å². The van der Waals surface area contributed by atoms with Gasteiger partial charge in [-0.1, -0.05) is 17.3 Å². The number of halogens is 1. The minimum Gasteiger partial charge on any atom is -0.339 e. The van der Waals surface area contributed by atoms with Crippen LogP contribution >= 0.6 is 0 Å². The average molecular weight is 338 g/mol. The molecule has 2 aromatic heterocycles. The van der Waals surface area contributed by atoms with Crippen LogP contribution in [0.3, 0.4) is 0 Å². The Morgan fingerprint density at radius 1 is 1.16 bits per heavy atom. The number of aromatic nitrogens is 3. The Hall–Kier alpha value is -3.09. The molecule has 0 spiro atoms. The maximum Gasteiger partial charge on any atom is 0.233 e. The third-order valence-corrected chi connectivity index (χ3v) is 4.50. The van der Waals surface area contributed by atoms with Crippen LogP contribution in [-0.4, -0.2) is 33.0 Å². The fourth-order valence-corrected chi connectivity index (χ4v) is 3.21. The van der Waals surface area contributed by atoms with Crippen molar-refractivity contribution in [2.24, 2.45) is 0 Å². The maximum absolute atomic E-state index is 13.2. The number of hydrogen-bond donors (Lipinski definition) is 0. The number of carbonyl (C=O) groups excluding carboxylic acids is 1. The summed E-state index contributed by atoms with van der Waals surface area (Å²) < 4.78 is 18.7. The van der Waals surface area contributed by atoms with Crippen molar-refractivity contribution in [3.8, 4) is 11.4 Å². The highest BCUT2D eigenvalue weighted by atomic mass is 19.1. The first-order valence-corrected chi connectivity index (χ1v) is 7.88. The van der Waals surface area contributed by atoms with Gasteiger partial charge in [0.1, 0.15) is 5.82 Å². The zero-order valence-corrected chi connectivity index (χ0v) is 13.5. The van der Waals surface area contributed by atoms with Crippen molar-refractivity contribution >= 4 is 5.91 Å². The van der Waals surface area contributed by atoms with Crippen LogP contribution < -0.4 is 0 Å². The largest absolute Gasteiger partial charge is 0.339 e. The van der Waals surface area contributed by atoms with E-state index in [1.807, 2.05) is 0 Å². The van der Waals surface area contributed by atoms with Gasteiger partial charge in [-0.2, -0.15) is 4.98 Å². The van der Waals surface area contributed by atoms with Crippen LogP contribution in [0.1, 0.15) is 29.8 Å². The predicted molar refractivity (Wildman–Crippen MR) is 86.8 cm³/mol. The maximum atomic E-state index is 13.2. The number of carbonyl (C=O) groups is 1. The van der Waals surface area contributed by atoms with Gasteiger partial charge in [-0.25, -0.2) is 4.39 Å². The van der Waals surface area contributed by atoms with Crippen molar-refractivity contribution in [1.82, 2.24) is 20.0 Å². The molecule has 1 aliphatic rings. The third-order valence-electron chi connectivity index (χ3n) is 4.50. The van der Waals surface area contributed by atoms with Gasteiger partial charge in [0, 0.05) is 31.4 Å². The lowest BCUT2D eigenvalue weighted by molar-refractivity contribution is -0.127. The molecule has 1 amide bonds. The van der Waals surface area contributed by atoms with Crippen LogP contribution in [0.5, 0.6) is 0 Å². The fourth-order valence-electron chi connectivity index (χ4n) is 3.21. The fraction of sp³-hybridized carbons (Fsp3) is 0.222. The first-order chi connectivity index (χ1) is 12.1. The molecule has 1 fully saturated rings. The van der Waals surface area contributed by atoms with E-state index in [0.29, 0.717) is 11.7 Å². The van der Waals surface area contributed by atoms with Gasteiger partial charge in [0.2, 0.25) is 17.6 Å². The monoisotopic (exact) mass is 338 g/mol. The van der Waals surface area contributed by atoms with E-state index in [-0.39, 0.29) is 30.1 Å². The Kier molecular flexibility index (Phi) is 3.76. The van der Waals surface area contributed by atoms with Crippen LogP contribution in [0.25, 0.3) is 11.4 Å². The standard InChI is InChI=1S/C18H15FN4O2/c1-23-15(24)10-14(16(23)11-2-4-13(19)5-3-11)18-21-17(22-25-18)12-6-8-20-9-7-12/h2-9,14,16H,10H2,1H3/t14-,16+/m1/s1. The van der Waals surface area contributed by atoms with Crippen LogP contribution in [0, 0.1) is 5.82 Å². The molecule has 126 valence electrons. The Labute approximate surface area is 143 Å². The smallest absolute Gasteiger partial charge is 0.233 e. The molecule has 1 aliphatic heterocycles. The van der Waals surface area contributed by atoms with E-state index in [9.17, 15) is 9.18 Å². The van der Waals surface area contributed by atoms with E-state index in [4.69, 9.17) is 4.52 Å². The van der Waals surface area contributed by atoms with Gasteiger partial charge in [0.15, 0.2) is 0 Å². The van der Waals surface area contributed by atoms with E-state index in [0.717, 1.165) is 11.1 Å². The second-order valence-corrected chi connectivity index (χ2v) is 6.00. The minimum atomic E-state index is -0.315. The number of amides is 1. The lowest BCUT2D eigenvalue weighted by Crippen LogP contribution is -2.24. The summed E-state index contributed by atoms with van der Waals surface area (Å²) in [5.74, 6) is 0.259. The van der Waals surface area contributed by atoms with Gasteiger partial charge >= 0.3 is 0 Å².